The molecule has 0 aliphatic carbocycles. The van der Waals surface area contributed by atoms with Gasteiger partial charge in [0.25, 0.3) is 10.0 Å². The van der Waals surface area contributed by atoms with Gasteiger partial charge in [0.05, 0.1) is 23.4 Å². The first-order chi connectivity index (χ1) is 13.9. The summed E-state index contributed by atoms with van der Waals surface area (Å²) in [6.07, 6.45) is 3.66. The van der Waals surface area contributed by atoms with Gasteiger partial charge in [-0.3, -0.25) is 4.72 Å². The average Bonchev–Trinajstić information content (AvgIpc) is 3.14. The lowest BCUT2D eigenvalue weighted by atomic mass is 10.1. The average molecular weight is 415 g/mol. The van der Waals surface area contributed by atoms with Gasteiger partial charge < -0.3 is 9.14 Å². The largest absolute Gasteiger partial charge is 0.495 e. The molecule has 0 amide bonds. The van der Waals surface area contributed by atoms with Gasteiger partial charge in [0.1, 0.15) is 11.4 Å². The van der Waals surface area contributed by atoms with Crippen molar-refractivity contribution < 1.29 is 21.9 Å². The summed E-state index contributed by atoms with van der Waals surface area (Å²) in [7, 11) is -2.77. The minimum Gasteiger partial charge on any atom is -0.495 e. The van der Waals surface area contributed by atoms with Gasteiger partial charge >= 0.3 is 0 Å². The molecule has 0 bridgehead atoms. The van der Waals surface area contributed by atoms with Crippen LogP contribution < -0.4 is 9.46 Å². The first-order valence-corrected chi connectivity index (χ1v) is 9.96. The number of benzene rings is 2. The van der Waals surface area contributed by atoms with E-state index in [0.29, 0.717) is 17.3 Å². The molecule has 0 spiro atoms. The van der Waals surface area contributed by atoms with Crippen LogP contribution in [0.2, 0.25) is 0 Å². The molecule has 1 N–H and O–H groups in total. The summed E-state index contributed by atoms with van der Waals surface area (Å²) in [5, 5.41) is 0. The Hall–Kier alpha value is -3.46. The molecule has 0 unspecified atom stereocenters. The number of sulfonamides is 1. The Morgan fingerprint density at radius 2 is 1.86 bits per heavy atom. The fraction of sp³-hybridized carbons (Fsp3) is 0.0500. The predicted octanol–water partition coefficient (Wildman–Crippen LogP) is 4.09. The van der Waals surface area contributed by atoms with Crippen LogP contribution in [0, 0.1) is 11.6 Å². The fourth-order valence-corrected chi connectivity index (χ4v) is 3.94. The van der Waals surface area contributed by atoms with Crippen molar-refractivity contribution in [2.24, 2.45) is 0 Å². The summed E-state index contributed by atoms with van der Waals surface area (Å²) >= 11 is 0. The molecule has 4 rings (SSSR count). The monoisotopic (exact) mass is 415 g/mol. The van der Waals surface area contributed by atoms with E-state index in [2.05, 4.69) is 9.71 Å². The maximum absolute atomic E-state index is 13.5. The Kier molecular flexibility index (Phi) is 4.67. The maximum atomic E-state index is 13.5. The number of pyridine rings is 1. The van der Waals surface area contributed by atoms with E-state index >= 15 is 0 Å². The van der Waals surface area contributed by atoms with Gasteiger partial charge in [-0.25, -0.2) is 22.2 Å². The number of ether oxygens (including phenoxy) is 1. The van der Waals surface area contributed by atoms with Gasteiger partial charge in [0.15, 0.2) is 11.6 Å². The van der Waals surface area contributed by atoms with Crippen molar-refractivity contribution in [3.63, 3.8) is 0 Å². The molecule has 9 heteroatoms. The minimum atomic E-state index is -4.17. The molecule has 0 fully saturated rings. The second-order valence-corrected chi connectivity index (χ2v) is 7.87. The third-order valence-corrected chi connectivity index (χ3v) is 5.67. The first kappa shape index (κ1) is 18.9. The molecule has 2 aromatic heterocycles. The molecule has 0 aliphatic heterocycles. The van der Waals surface area contributed by atoms with Gasteiger partial charge in [0, 0.05) is 18.0 Å². The van der Waals surface area contributed by atoms with Crippen LogP contribution in [0.3, 0.4) is 0 Å². The number of hydrogen-bond donors (Lipinski definition) is 1. The molecule has 2 aromatic carbocycles. The van der Waals surface area contributed by atoms with Crippen LogP contribution in [0.25, 0.3) is 16.9 Å². The number of imidazole rings is 1. The molecule has 0 radical (unpaired) electrons. The van der Waals surface area contributed by atoms with Crippen LogP contribution in [-0.4, -0.2) is 24.9 Å². The molecule has 6 nitrogen and oxygen atoms in total. The highest BCUT2D eigenvalue weighted by Crippen LogP contribution is 2.32. The molecule has 148 valence electrons. The lowest BCUT2D eigenvalue weighted by Gasteiger charge is -2.13. The van der Waals surface area contributed by atoms with Crippen LogP contribution in [0.5, 0.6) is 5.75 Å². The second-order valence-electron chi connectivity index (χ2n) is 6.19. The zero-order valence-electron chi connectivity index (χ0n) is 15.1. The van der Waals surface area contributed by atoms with Crippen molar-refractivity contribution in [3.8, 4) is 17.0 Å². The highest BCUT2D eigenvalue weighted by molar-refractivity contribution is 7.92. The van der Waals surface area contributed by atoms with Crippen molar-refractivity contribution in [2.75, 3.05) is 11.8 Å². The summed E-state index contributed by atoms with van der Waals surface area (Å²) in [5.74, 6) is -2.11. The van der Waals surface area contributed by atoms with E-state index in [1.54, 1.807) is 18.2 Å². The smallest absolute Gasteiger partial charge is 0.262 e. The summed E-state index contributed by atoms with van der Waals surface area (Å²) in [6, 6.07) is 12.9. The lowest BCUT2D eigenvalue weighted by molar-refractivity contribution is 0.417. The molecular formula is C20H15F2N3O3S. The number of halogens is 2. The minimum absolute atomic E-state index is 0.145. The molecule has 0 saturated carbocycles. The zero-order chi connectivity index (χ0) is 20.6. The predicted molar refractivity (Wildman–Crippen MR) is 104 cm³/mol. The summed E-state index contributed by atoms with van der Waals surface area (Å²) in [6.45, 7) is 0. The van der Waals surface area contributed by atoms with Crippen LogP contribution in [-0.2, 0) is 10.0 Å². The topological polar surface area (TPSA) is 72.7 Å². The molecule has 0 aliphatic rings. The Morgan fingerprint density at radius 3 is 2.59 bits per heavy atom. The summed E-state index contributed by atoms with van der Waals surface area (Å²) in [4.78, 5) is 4.10. The van der Waals surface area contributed by atoms with E-state index in [4.69, 9.17) is 4.74 Å². The van der Waals surface area contributed by atoms with Gasteiger partial charge in [-0.05, 0) is 48.5 Å². The third kappa shape index (κ3) is 3.64. The third-order valence-electron chi connectivity index (χ3n) is 4.30. The van der Waals surface area contributed by atoms with Crippen molar-refractivity contribution >= 4 is 21.4 Å². The zero-order valence-corrected chi connectivity index (χ0v) is 16.0. The highest BCUT2D eigenvalue weighted by Gasteiger charge is 2.19. The quantitative estimate of drug-likeness (QED) is 0.533. The maximum Gasteiger partial charge on any atom is 0.262 e. The van der Waals surface area contributed by atoms with Crippen molar-refractivity contribution in [2.45, 2.75) is 4.90 Å². The van der Waals surface area contributed by atoms with Crippen molar-refractivity contribution in [1.29, 1.82) is 0 Å². The Bertz CT molecular complexity index is 1290. The van der Waals surface area contributed by atoms with Gasteiger partial charge in [-0.15, -0.1) is 0 Å². The Balaban J connectivity index is 1.74. The number of methoxy groups -OCH3 is 1. The molecule has 4 aromatic rings. The SMILES string of the molecule is COc1ccc(-c2cn3ccccc3n2)cc1NS(=O)(=O)c1ccc(F)c(F)c1. The fourth-order valence-electron chi connectivity index (χ4n) is 2.87. The van der Waals surface area contributed by atoms with Gasteiger partial charge in [-0.1, -0.05) is 6.07 Å². The van der Waals surface area contributed by atoms with Crippen LogP contribution in [0.4, 0.5) is 14.5 Å². The van der Waals surface area contributed by atoms with Crippen LogP contribution in [0.1, 0.15) is 0 Å². The number of nitrogens with zero attached hydrogens (tertiary/aromatic N) is 2. The number of nitrogens with one attached hydrogen (secondary N) is 1. The van der Waals surface area contributed by atoms with Gasteiger partial charge in [0.2, 0.25) is 0 Å². The van der Waals surface area contributed by atoms with E-state index < -0.39 is 26.6 Å². The van der Waals surface area contributed by atoms with E-state index in [-0.39, 0.29) is 11.4 Å². The number of hydrogen-bond acceptors (Lipinski definition) is 4. The molecular weight excluding hydrogens is 400 g/mol. The number of rotatable bonds is 5. The van der Waals surface area contributed by atoms with E-state index in [0.717, 1.165) is 17.8 Å². The number of anilines is 1. The molecule has 0 atom stereocenters. The van der Waals surface area contributed by atoms with Crippen LogP contribution >= 0.6 is 0 Å². The van der Waals surface area contributed by atoms with E-state index in [1.807, 2.05) is 35.0 Å². The Labute approximate surface area is 165 Å². The van der Waals surface area contributed by atoms with E-state index in [1.165, 1.54) is 7.11 Å². The van der Waals surface area contributed by atoms with Gasteiger partial charge in [-0.2, -0.15) is 0 Å². The summed E-state index contributed by atoms with van der Waals surface area (Å²) in [5.41, 5.74) is 2.17. The molecule has 2 heterocycles. The standard InChI is InChI=1S/C20H15F2N3O3S/c1-28-19-8-5-13(18-12-25-9-3-2-4-20(25)23-18)10-17(19)24-29(26,27)14-6-7-15(21)16(22)11-14/h2-12,24H,1H3. The number of fused-ring (bicyclic) bond motifs is 1. The first-order valence-electron chi connectivity index (χ1n) is 8.47. The highest BCUT2D eigenvalue weighted by atomic mass is 32.2. The van der Waals surface area contributed by atoms with Crippen molar-refractivity contribution in [3.05, 3.63) is 78.6 Å². The number of aromatic nitrogens is 2. The molecule has 0 saturated heterocycles. The van der Waals surface area contributed by atoms with E-state index in [9.17, 15) is 17.2 Å². The summed E-state index contributed by atoms with van der Waals surface area (Å²) < 4.78 is 61.4. The lowest BCUT2D eigenvalue weighted by Crippen LogP contribution is -2.14. The molecule has 29 heavy (non-hydrogen) atoms. The second kappa shape index (κ2) is 7.17. The normalized spacial score (nSPS) is 11.6. The Morgan fingerprint density at radius 1 is 1.03 bits per heavy atom. The van der Waals surface area contributed by atoms with Crippen molar-refractivity contribution in [1.82, 2.24) is 9.38 Å². The van der Waals surface area contributed by atoms with Crippen LogP contribution in [0.15, 0.2) is 71.9 Å².